The van der Waals surface area contributed by atoms with Crippen molar-refractivity contribution in [2.24, 2.45) is 29.6 Å². The van der Waals surface area contributed by atoms with Crippen LogP contribution in [0.4, 0.5) is 0 Å². The lowest BCUT2D eigenvalue weighted by Crippen LogP contribution is -2.19. The molecule has 3 heteroatoms. The number of hydrogen-bond acceptors (Lipinski definition) is 3. The molecule has 0 bridgehead atoms. The van der Waals surface area contributed by atoms with Crippen LogP contribution in [0.3, 0.4) is 0 Å². The number of ether oxygens (including phenoxy) is 3. The first-order valence-electron chi connectivity index (χ1n) is 7.90. The summed E-state index contributed by atoms with van der Waals surface area (Å²) in [5.74, 6) is 3.83. The predicted octanol–water partition coefficient (Wildman–Crippen LogP) is 3.33. The Hall–Kier alpha value is -0.120. The van der Waals surface area contributed by atoms with Gasteiger partial charge in [0.25, 0.3) is 0 Å². The first-order valence-corrected chi connectivity index (χ1v) is 7.90. The highest BCUT2D eigenvalue weighted by Gasteiger charge is 2.42. The van der Waals surface area contributed by atoms with Crippen LogP contribution < -0.4 is 0 Å². The van der Waals surface area contributed by atoms with Crippen molar-refractivity contribution in [2.75, 3.05) is 26.4 Å². The standard InChI is InChI=1S/C9H16O2.C7H14O/c1-6(2)8-5-11-9-7(8)3-4-10-9;1-6(2)7-3-4-8-5-7/h6-9H,3-5H2,1-2H3;6-7H,3-5H2,1-2H3/t7-,8+,9+;7-/m00/s1. The molecule has 3 fully saturated rings. The SMILES string of the molecule is CC(C)[C@H]1CCOC1.CC(C)[C@H]1CO[C@H]2OCC[C@H]21. The Bertz CT molecular complexity index is 259. The number of rotatable bonds is 2. The lowest BCUT2D eigenvalue weighted by atomic mass is 9.85. The molecule has 0 spiro atoms. The Morgan fingerprint density at radius 1 is 0.842 bits per heavy atom. The summed E-state index contributed by atoms with van der Waals surface area (Å²) in [6.07, 6.45) is 2.62. The Kier molecular flexibility index (Phi) is 5.67. The molecule has 3 aliphatic rings. The summed E-state index contributed by atoms with van der Waals surface area (Å²) in [5, 5.41) is 0. The Labute approximate surface area is 118 Å². The zero-order chi connectivity index (χ0) is 13.8. The van der Waals surface area contributed by atoms with Crippen LogP contribution in [0.15, 0.2) is 0 Å². The third-order valence-electron chi connectivity index (χ3n) is 4.85. The van der Waals surface area contributed by atoms with E-state index in [0.29, 0.717) is 5.92 Å². The normalized spacial score (nSPS) is 37.6. The van der Waals surface area contributed by atoms with Crippen LogP contribution in [-0.4, -0.2) is 32.7 Å². The average Bonchev–Trinajstić information content (AvgIpc) is 3.07. The van der Waals surface area contributed by atoms with Gasteiger partial charge < -0.3 is 14.2 Å². The van der Waals surface area contributed by atoms with Gasteiger partial charge in [0.1, 0.15) is 0 Å². The molecule has 0 N–H and O–H groups in total. The van der Waals surface area contributed by atoms with E-state index in [9.17, 15) is 0 Å². The van der Waals surface area contributed by atoms with Gasteiger partial charge in [0, 0.05) is 19.1 Å². The molecule has 0 saturated carbocycles. The van der Waals surface area contributed by atoms with Crippen LogP contribution in [0.2, 0.25) is 0 Å². The first-order chi connectivity index (χ1) is 9.09. The van der Waals surface area contributed by atoms with E-state index in [2.05, 4.69) is 27.7 Å². The van der Waals surface area contributed by atoms with Crippen LogP contribution in [-0.2, 0) is 14.2 Å². The first kappa shape index (κ1) is 15.3. The van der Waals surface area contributed by atoms with Crippen molar-refractivity contribution in [1.82, 2.24) is 0 Å². The number of hydrogen-bond donors (Lipinski definition) is 0. The molecule has 3 rings (SSSR count). The topological polar surface area (TPSA) is 27.7 Å². The van der Waals surface area contributed by atoms with E-state index in [4.69, 9.17) is 14.2 Å². The molecule has 0 aromatic carbocycles. The van der Waals surface area contributed by atoms with Crippen LogP contribution in [0.25, 0.3) is 0 Å². The molecule has 0 aromatic rings. The molecule has 19 heavy (non-hydrogen) atoms. The Balaban J connectivity index is 0.000000148. The molecular weight excluding hydrogens is 240 g/mol. The minimum absolute atomic E-state index is 0.141. The maximum absolute atomic E-state index is 5.53. The fourth-order valence-corrected chi connectivity index (χ4v) is 3.26. The van der Waals surface area contributed by atoms with E-state index in [0.717, 1.165) is 50.1 Å². The van der Waals surface area contributed by atoms with E-state index in [1.807, 2.05) is 0 Å². The van der Waals surface area contributed by atoms with Gasteiger partial charge in [-0.1, -0.05) is 27.7 Å². The molecule has 3 heterocycles. The fraction of sp³-hybridized carbons (Fsp3) is 1.00. The smallest absolute Gasteiger partial charge is 0.160 e. The van der Waals surface area contributed by atoms with Crippen LogP contribution in [0.1, 0.15) is 40.5 Å². The van der Waals surface area contributed by atoms with Gasteiger partial charge >= 0.3 is 0 Å². The van der Waals surface area contributed by atoms with E-state index >= 15 is 0 Å². The second kappa shape index (κ2) is 7.05. The predicted molar refractivity (Wildman–Crippen MR) is 75.9 cm³/mol. The van der Waals surface area contributed by atoms with Gasteiger partial charge in [-0.25, -0.2) is 0 Å². The molecular formula is C16H30O3. The average molecular weight is 270 g/mol. The molecule has 0 aromatic heterocycles. The lowest BCUT2D eigenvalue weighted by molar-refractivity contribution is -0.0906. The van der Waals surface area contributed by atoms with Gasteiger partial charge in [-0.2, -0.15) is 0 Å². The van der Waals surface area contributed by atoms with Crippen molar-refractivity contribution < 1.29 is 14.2 Å². The second-order valence-corrected chi connectivity index (χ2v) is 6.80. The zero-order valence-electron chi connectivity index (χ0n) is 12.9. The van der Waals surface area contributed by atoms with E-state index in [1.54, 1.807) is 0 Å². The maximum atomic E-state index is 5.53. The monoisotopic (exact) mass is 270 g/mol. The van der Waals surface area contributed by atoms with Crippen molar-refractivity contribution in [1.29, 1.82) is 0 Å². The molecule has 0 aliphatic carbocycles. The van der Waals surface area contributed by atoms with Crippen molar-refractivity contribution in [3.8, 4) is 0 Å². The fourth-order valence-electron chi connectivity index (χ4n) is 3.26. The highest BCUT2D eigenvalue weighted by atomic mass is 16.7. The molecule has 3 saturated heterocycles. The third kappa shape index (κ3) is 3.93. The molecule has 112 valence electrons. The van der Waals surface area contributed by atoms with Crippen LogP contribution in [0, 0.1) is 29.6 Å². The lowest BCUT2D eigenvalue weighted by Gasteiger charge is -2.17. The Morgan fingerprint density at radius 3 is 2.16 bits per heavy atom. The largest absolute Gasteiger partial charge is 0.381 e. The highest BCUT2D eigenvalue weighted by Crippen LogP contribution is 2.38. The molecule has 3 aliphatic heterocycles. The molecule has 0 radical (unpaired) electrons. The van der Waals surface area contributed by atoms with Crippen molar-refractivity contribution in [2.45, 2.75) is 46.8 Å². The zero-order valence-corrected chi connectivity index (χ0v) is 12.9. The van der Waals surface area contributed by atoms with Crippen molar-refractivity contribution >= 4 is 0 Å². The maximum Gasteiger partial charge on any atom is 0.160 e. The summed E-state index contributed by atoms with van der Waals surface area (Å²) < 4.78 is 16.2. The van der Waals surface area contributed by atoms with Gasteiger partial charge in [0.05, 0.1) is 13.2 Å². The van der Waals surface area contributed by atoms with E-state index in [-0.39, 0.29) is 6.29 Å². The third-order valence-corrected chi connectivity index (χ3v) is 4.85. The number of fused-ring (bicyclic) bond motifs is 1. The van der Waals surface area contributed by atoms with Crippen molar-refractivity contribution in [3.05, 3.63) is 0 Å². The minimum Gasteiger partial charge on any atom is -0.381 e. The summed E-state index contributed by atoms with van der Waals surface area (Å²) in [4.78, 5) is 0. The minimum atomic E-state index is 0.141. The van der Waals surface area contributed by atoms with Gasteiger partial charge in [0.15, 0.2) is 6.29 Å². The second-order valence-electron chi connectivity index (χ2n) is 6.80. The van der Waals surface area contributed by atoms with Gasteiger partial charge in [-0.3, -0.25) is 0 Å². The summed E-state index contributed by atoms with van der Waals surface area (Å²) in [6.45, 7) is 12.9. The summed E-state index contributed by atoms with van der Waals surface area (Å²) >= 11 is 0. The molecule has 4 atom stereocenters. The Morgan fingerprint density at radius 2 is 1.63 bits per heavy atom. The van der Waals surface area contributed by atoms with Gasteiger partial charge in [-0.05, 0) is 36.5 Å². The summed E-state index contributed by atoms with van der Waals surface area (Å²) in [5.41, 5.74) is 0. The molecule has 3 nitrogen and oxygen atoms in total. The van der Waals surface area contributed by atoms with Crippen molar-refractivity contribution in [3.63, 3.8) is 0 Å². The molecule has 0 unspecified atom stereocenters. The van der Waals surface area contributed by atoms with Crippen LogP contribution in [0.5, 0.6) is 0 Å². The van der Waals surface area contributed by atoms with E-state index in [1.165, 1.54) is 12.8 Å². The highest BCUT2D eigenvalue weighted by molar-refractivity contribution is 4.84. The van der Waals surface area contributed by atoms with E-state index < -0.39 is 0 Å². The summed E-state index contributed by atoms with van der Waals surface area (Å²) in [6, 6.07) is 0. The molecule has 0 amide bonds. The summed E-state index contributed by atoms with van der Waals surface area (Å²) in [7, 11) is 0. The van der Waals surface area contributed by atoms with Crippen LogP contribution >= 0.6 is 0 Å². The van der Waals surface area contributed by atoms with Gasteiger partial charge in [-0.15, -0.1) is 0 Å². The quantitative estimate of drug-likeness (QED) is 0.770. The van der Waals surface area contributed by atoms with Gasteiger partial charge in [0.2, 0.25) is 0 Å².